The second-order valence-electron chi connectivity index (χ2n) is 6.56. The first kappa shape index (κ1) is 17.5. The van der Waals surface area contributed by atoms with Crippen molar-refractivity contribution in [2.75, 3.05) is 19.4 Å². The van der Waals surface area contributed by atoms with Gasteiger partial charge in [0.15, 0.2) is 0 Å². The molecular formula is C17H25N5O3. The number of amides is 1. The maximum Gasteiger partial charge on any atom is 0.223 e. The third-order valence-corrected chi connectivity index (χ3v) is 4.86. The Morgan fingerprint density at radius 1 is 1.48 bits per heavy atom. The molecule has 0 aromatic carbocycles. The molecule has 2 N–H and O–H groups in total. The van der Waals surface area contributed by atoms with E-state index in [1.54, 1.807) is 17.9 Å². The van der Waals surface area contributed by atoms with E-state index >= 15 is 0 Å². The summed E-state index contributed by atoms with van der Waals surface area (Å²) < 4.78 is 12.4. The lowest BCUT2D eigenvalue weighted by Crippen LogP contribution is -2.38. The van der Waals surface area contributed by atoms with E-state index in [1.165, 1.54) is 0 Å². The zero-order valence-electron chi connectivity index (χ0n) is 14.9. The molecule has 25 heavy (non-hydrogen) atoms. The zero-order chi connectivity index (χ0) is 18.0. The van der Waals surface area contributed by atoms with Crippen molar-refractivity contribution in [1.29, 1.82) is 0 Å². The van der Waals surface area contributed by atoms with E-state index in [2.05, 4.69) is 10.3 Å². The SMILES string of the molecule is CO[C@H]1C[C@@H](Cn2ccc(N)n2)N(C(=O)CCc2c(C)noc2C)C1. The van der Waals surface area contributed by atoms with Gasteiger partial charge in [0.05, 0.1) is 24.4 Å². The first-order valence-corrected chi connectivity index (χ1v) is 8.51. The van der Waals surface area contributed by atoms with Gasteiger partial charge in [-0.2, -0.15) is 5.10 Å². The molecule has 8 nitrogen and oxygen atoms in total. The summed E-state index contributed by atoms with van der Waals surface area (Å²) in [6.07, 6.45) is 3.75. The zero-order valence-corrected chi connectivity index (χ0v) is 14.9. The number of hydrogen-bond acceptors (Lipinski definition) is 6. The molecule has 0 saturated carbocycles. The number of carbonyl (C=O) groups is 1. The van der Waals surface area contributed by atoms with Crippen LogP contribution in [0.25, 0.3) is 0 Å². The normalized spacial score (nSPS) is 20.4. The number of nitrogen functional groups attached to an aromatic ring is 1. The summed E-state index contributed by atoms with van der Waals surface area (Å²) in [5.41, 5.74) is 7.55. The van der Waals surface area contributed by atoms with Gasteiger partial charge in [-0.1, -0.05) is 5.16 Å². The largest absolute Gasteiger partial charge is 0.382 e. The Hall–Kier alpha value is -2.35. The second-order valence-corrected chi connectivity index (χ2v) is 6.56. The molecule has 0 aliphatic carbocycles. The number of rotatable bonds is 6. The van der Waals surface area contributed by atoms with E-state index in [4.69, 9.17) is 15.0 Å². The van der Waals surface area contributed by atoms with Crippen LogP contribution in [-0.4, -0.2) is 51.5 Å². The molecule has 0 unspecified atom stereocenters. The van der Waals surface area contributed by atoms with Crippen molar-refractivity contribution in [3.05, 3.63) is 29.3 Å². The molecular weight excluding hydrogens is 322 g/mol. The Labute approximate surface area is 146 Å². The average Bonchev–Trinajstić information content (AvgIpc) is 3.26. The number of nitrogens with zero attached hydrogens (tertiary/aromatic N) is 4. The molecule has 0 bridgehead atoms. The van der Waals surface area contributed by atoms with Gasteiger partial charge in [0.2, 0.25) is 5.91 Å². The molecule has 1 fully saturated rings. The highest BCUT2D eigenvalue weighted by molar-refractivity contribution is 5.77. The lowest BCUT2D eigenvalue weighted by molar-refractivity contribution is -0.132. The van der Waals surface area contributed by atoms with Crippen LogP contribution in [0.3, 0.4) is 0 Å². The van der Waals surface area contributed by atoms with Gasteiger partial charge in [-0.05, 0) is 32.8 Å². The predicted molar refractivity (Wildman–Crippen MR) is 91.9 cm³/mol. The number of aromatic nitrogens is 3. The van der Waals surface area contributed by atoms with Crippen molar-refractivity contribution in [2.24, 2.45) is 0 Å². The lowest BCUT2D eigenvalue weighted by Gasteiger charge is -2.24. The van der Waals surface area contributed by atoms with Crippen LogP contribution in [0.15, 0.2) is 16.8 Å². The number of carbonyl (C=O) groups excluding carboxylic acids is 1. The van der Waals surface area contributed by atoms with Crippen LogP contribution in [0.2, 0.25) is 0 Å². The van der Waals surface area contributed by atoms with Gasteiger partial charge >= 0.3 is 0 Å². The number of methoxy groups -OCH3 is 1. The summed E-state index contributed by atoms with van der Waals surface area (Å²) in [7, 11) is 1.69. The molecule has 2 atom stereocenters. The predicted octanol–water partition coefficient (Wildman–Crippen LogP) is 1.32. The van der Waals surface area contributed by atoms with E-state index < -0.39 is 0 Å². The average molecular weight is 347 g/mol. The maximum atomic E-state index is 12.8. The molecule has 3 rings (SSSR count). The number of nitrogens with two attached hydrogens (primary N) is 1. The number of likely N-dealkylation sites (tertiary alicyclic amines) is 1. The molecule has 0 radical (unpaired) electrons. The quantitative estimate of drug-likeness (QED) is 0.846. The molecule has 2 aromatic heterocycles. The van der Waals surface area contributed by atoms with E-state index in [0.29, 0.717) is 31.7 Å². The molecule has 1 aliphatic heterocycles. The molecule has 0 spiro atoms. The van der Waals surface area contributed by atoms with Gasteiger partial charge in [-0.25, -0.2) is 0 Å². The lowest BCUT2D eigenvalue weighted by atomic mass is 10.1. The molecule has 3 heterocycles. The maximum absolute atomic E-state index is 12.8. The van der Waals surface area contributed by atoms with Crippen LogP contribution >= 0.6 is 0 Å². The van der Waals surface area contributed by atoms with Crippen molar-refractivity contribution in [2.45, 2.75) is 51.8 Å². The summed E-state index contributed by atoms with van der Waals surface area (Å²) in [5.74, 6) is 1.38. The fourth-order valence-electron chi connectivity index (χ4n) is 3.45. The van der Waals surface area contributed by atoms with Gasteiger partial charge in [0, 0.05) is 31.8 Å². The van der Waals surface area contributed by atoms with Crippen molar-refractivity contribution < 1.29 is 14.1 Å². The molecule has 2 aromatic rings. The van der Waals surface area contributed by atoms with Gasteiger partial charge in [0.1, 0.15) is 11.6 Å². The topological polar surface area (TPSA) is 99.4 Å². The van der Waals surface area contributed by atoms with Crippen molar-refractivity contribution in [1.82, 2.24) is 19.8 Å². The van der Waals surface area contributed by atoms with Gasteiger partial charge in [0.25, 0.3) is 0 Å². The first-order chi connectivity index (χ1) is 12.0. The van der Waals surface area contributed by atoms with E-state index in [1.807, 2.05) is 24.9 Å². The van der Waals surface area contributed by atoms with Crippen LogP contribution in [0, 0.1) is 13.8 Å². The number of ether oxygens (including phenoxy) is 1. The Morgan fingerprint density at radius 3 is 2.88 bits per heavy atom. The Bertz CT molecular complexity index is 719. The molecule has 8 heteroatoms. The van der Waals surface area contributed by atoms with Crippen molar-refractivity contribution >= 4 is 11.7 Å². The number of aryl methyl sites for hydroxylation is 2. The van der Waals surface area contributed by atoms with Crippen LogP contribution in [-0.2, 0) is 22.5 Å². The monoisotopic (exact) mass is 347 g/mol. The fourth-order valence-corrected chi connectivity index (χ4v) is 3.45. The highest BCUT2D eigenvalue weighted by Gasteiger charge is 2.35. The highest BCUT2D eigenvalue weighted by Crippen LogP contribution is 2.24. The minimum atomic E-state index is 0.0564. The summed E-state index contributed by atoms with van der Waals surface area (Å²) in [4.78, 5) is 14.7. The summed E-state index contributed by atoms with van der Waals surface area (Å²) in [6.45, 7) is 5.01. The summed E-state index contributed by atoms with van der Waals surface area (Å²) in [5, 5.41) is 8.17. The highest BCUT2D eigenvalue weighted by atomic mass is 16.5. The summed E-state index contributed by atoms with van der Waals surface area (Å²) in [6, 6.07) is 1.81. The van der Waals surface area contributed by atoms with Gasteiger partial charge < -0.3 is 19.9 Å². The Morgan fingerprint density at radius 2 is 2.28 bits per heavy atom. The van der Waals surface area contributed by atoms with Crippen molar-refractivity contribution in [3.63, 3.8) is 0 Å². The molecule has 136 valence electrons. The Balaban J connectivity index is 1.65. The van der Waals surface area contributed by atoms with E-state index in [-0.39, 0.29) is 18.1 Å². The number of hydrogen-bond donors (Lipinski definition) is 1. The van der Waals surface area contributed by atoms with Crippen molar-refractivity contribution in [3.8, 4) is 0 Å². The number of anilines is 1. The fraction of sp³-hybridized carbons (Fsp3) is 0.588. The molecule has 1 aliphatic rings. The van der Waals surface area contributed by atoms with Crippen LogP contribution in [0.4, 0.5) is 5.82 Å². The second kappa shape index (κ2) is 7.26. The molecule has 1 saturated heterocycles. The van der Waals surface area contributed by atoms with E-state index in [0.717, 1.165) is 23.4 Å². The third-order valence-electron chi connectivity index (χ3n) is 4.86. The summed E-state index contributed by atoms with van der Waals surface area (Å²) >= 11 is 0. The van der Waals surface area contributed by atoms with Gasteiger partial charge in [-0.15, -0.1) is 0 Å². The van der Waals surface area contributed by atoms with E-state index in [9.17, 15) is 4.79 Å². The minimum Gasteiger partial charge on any atom is -0.382 e. The smallest absolute Gasteiger partial charge is 0.223 e. The molecule has 1 amide bonds. The third kappa shape index (κ3) is 3.84. The Kier molecular flexibility index (Phi) is 5.08. The minimum absolute atomic E-state index is 0.0564. The van der Waals surface area contributed by atoms with Gasteiger partial charge in [-0.3, -0.25) is 9.48 Å². The first-order valence-electron chi connectivity index (χ1n) is 8.51. The standard InChI is InChI=1S/C17H25N5O3/c1-11-15(12(2)25-20-11)4-5-17(23)22-10-14(24-3)8-13(22)9-21-7-6-16(18)19-21/h6-7,13-14H,4-5,8-10H2,1-3H3,(H2,18,19)/t13-,14-/m0/s1. The van der Waals surface area contributed by atoms with Crippen LogP contribution in [0.5, 0.6) is 0 Å². The van der Waals surface area contributed by atoms with Crippen LogP contribution in [0.1, 0.15) is 29.9 Å². The van der Waals surface area contributed by atoms with Crippen LogP contribution < -0.4 is 5.73 Å².